The van der Waals surface area contributed by atoms with Crippen LogP contribution in [0.1, 0.15) is 181 Å². The third-order valence-electron chi connectivity index (χ3n) is 7.83. The maximum atomic E-state index is 12.0. The zero-order valence-corrected chi connectivity index (χ0v) is 26.9. The minimum Gasteiger partial charge on any atom is -0.464 e. The van der Waals surface area contributed by atoms with E-state index < -0.39 is 12.1 Å². The first-order valence-electron chi connectivity index (χ1n) is 17.5. The van der Waals surface area contributed by atoms with Gasteiger partial charge < -0.3 is 15.6 Å². The Hall–Kier alpha value is -1.13. The van der Waals surface area contributed by atoms with Crippen LogP contribution in [0.2, 0.25) is 0 Å². The molecule has 3 N–H and O–H groups in total. The van der Waals surface area contributed by atoms with E-state index in [0.29, 0.717) is 6.42 Å². The summed E-state index contributed by atoms with van der Waals surface area (Å²) in [5.74, 6) is -0.204. The Balaban J connectivity index is 3.51. The van der Waals surface area contributed by atoms with Gasteiger partial charge in [0.2, 0.25) is 0 Å². The van der Waals surface area contributed by atoms with Crippen molar-refractivity contribution in [3.05, 3.63) is 24.3 Å². The molecule has 0 fully saturated rings. The molecule has 0 aromatic carbocycles. The van der Waals surface area contributed by atoms with E-state index in [9.17, 15) is 9.90 Å². The maximum absolute atomic E-state index is 12.0. The highest BCUT2D eigenvalue weighted by Gasteiger charge is 2.14. The van der Waals surface area contributed by atoms with Crippen LogP contribution in [0.25, 0.3) is 0 Å². The van der Waals surface area contributed by atoms with Crippen molar-refractivity contribution in [2.75, 3.05) is 6.61 Å². The van der Waals surface area contributed by atoms with Crippen LogP contribution >= 0.6 is 0 Å². The highest BCUT2D eigenvalue weighted by Crippen LogP contribution is 2.13. The predicted octanol–water partition coefficient (Wildman–Crippen LogP) is 10.5. The monoisotopic (exact) mass is 564 g/mol. The van der Waals surface area contributed by atoms with Gasteiger partial charge in [-0.05, 0) is 44.9 Å². The molecule has 0 saturated carbocycles. The molecule has 0 aliphatic rings. The molecule has 0 rings (SSSR count). The second kappa shape index (κ2) is 32.4. The number of nitrogens with two attached hydrogens (primary N) is 1. The van der Waals surface area contributed by atoms with Crippen molar-refractivity contribution in [2.45, 2.75) is 193 Å². The number of aliphatic hydroxyl groups excluding tert-OH is 1. The lowest BCUT2D eigenvalue weighted by molar-refractivity contribution is -0.144. The van der Waals surface area contributed by atoms with Gasteiger partial charge in [0.25, 0.3) is 0 Å². The molecule has 0 heterocycles. The molecule has 4 heteroatoms. The van der Waals surface area contributed by atoms with Crippen LogP contribution in [-0.4, -0.2) is 29.8 Å². The molecule has 0 aliphatic carbocycles. The van der Waals surface area contributed by atoms with E-state index in [1.54, 1.807) is 6.08 Å². The first-order valence-corrected chi connectivity index (χ1v) is 17.5. The van der Waals surface area contributed by atoms with Crippen LogP contribution in [0.3, 0.4) is 0 Å². The molecule has 4 nitrogen and oxygen atoms in total. The van der Waals surface area contributed by atoms with Gasteiger partial charge in [-0.3, -0.25) is 4.79 Å². The van der Waals surface area contributed by atoms with Gasteiger partial charge in [0.1, 0.15) is 6.61 Å². The normalized spacial score (nSPS) is 13.4. The van der Waals surface area contributed by atoms with Gasteiger partial charge in [-0.1, -0.05) is 154 Å². The summed E-state index contributed by atoms with van der Waals surface area (Å²) in [7, 11) is 0. The standard InChI is InChI=1S/C36H69NO3/c1-3-5-7-9-11-13-15-17-18-20-22-24-26-28-30-32-36(39)40-33-34(37)35(38)31-29-27-25-23-21-19-16-14-12-10-8-6-4-2/h17-18,29,31,34-35,38H,3-16,19-28,30,32-33,37H2,1-2H3/b18-17-,31-29?. The number of unbranched alkanes of at least 4 members (excludes halogenated alkanes) is 22. The lowest BCUT2D eigenvalue weighted by Crippen LogP contribution is -2.38. The average molecular weight is 564 g/mol. The smallest absolute Gasteiger partial charge is 0.305 e. The first kappa shape index (κ1) is 38.9. The largest absolute Gasteiger partial charge is 0.464 e. The molecule has 0 aromatic heterocycles. The number of allylic oxidation sites excluding steroid dienone is 3. The third-order valence-corrected chi connectivity index (χ3v) is 7.83. The Kier molecular flexibility index (Phi) is 31.5. The second-order valence-electron chi connectivity index (χ2n) is 11.9. The number of carbonyl (C=O) groups excluding carboxylic acids is 1. The van der Waals surface area contributed by atoms with Crippen LogP contribution in [0.5, 0.6) is 0 Å². The van der Waals surface area contributed by atoms with E-state index >= 15 is 0 Å². The molecule has 0 aliphatic heterocycles. The Labute approximate surface area is 250 Å². The molecule has 0 spiro atoms. The average Bonchev–Trinajstić information content (AvgIpc) is 2.96. The zero-order valence-electron chi connectivity index (χ0n) is 26.9. The summed E-state index contributed by atoms with van der Waals surface area (Å²) in [5, 5.41) is 10.2. The summed E-state index contributed by atoms with van der Waals surface area (Å²) in [6.45, 7) is 4.61. The minimum absolute atomic E-state index is 0.0772. The predicted molar refractivity (Wildman–Crippen MR) is 175 cm³/mol. The number of hydrogen-bond donors (Lipinski definition) is 2. The van der Waals surface area contributed by atoms with Crippen molar-refractivity contribution >= 4 is 5.97 Å². The molecule has 0 aromatic rings. The molecule has 0 saturated heterocycles. The fraction of sp³-hybridized carbons (Fsp3) is 0.861. The van der Waals surface area contributed by atoms with Gasteiger partial charge in [0.15, 0.2) is 0 Å². The molecule has 0 radical (unpaired) electrons. The van der Waals surface area contributed by atoms with E-state index in [1.807, 2.05) is 6.08 Å². The number of rotatable bonds is 31. The topological polar surface area (TPSA) is 72.5 Å². The van der Waals surface area contributed by atoms with E-state index in [1.165, 1.54) is 135 Å². The fourth-order valence-corrected chi connectivity index (χ4v) is 5.00. The number of aliphatic hydroxyl groups is 1. The maximum Gasteiger partial charge on any atom is 0.305 e. The highest BCUT2D eigenvalue weighted by molar-refractivity contribution is 5.69. The number of esters is 1. The van der Waals surface area contributed by atoms with Crippen molar-refractivity contribution in [2.24, 2.45) is 5.73 Å². The van der Waals surface area contributed by atoms with Crippen molar-refractivity contribution < 1.29 is 14.6 Å². The van der Waals surface area contributed by atoms with Gasteiger partial charge in [-0.15, -0.1) is 0 Å². The van der Waals surface area contributed by atoms with E-state index in [-0.39, 0.29) is 12.6 Å². The molecule has 2 atom stereocenters. The summed E-state index contributed by atoms with van der Waals surface area (Å²) in [6.07, 6.45) is 40.0. The van der Waals surface area contributed by atoms with Gasteiger partial charge in [-0.25, -0.2) is 0 Å². The molecule has 0 bridgehead atoms. The van der Waals surface area contributed by atoms with Crippen LogP contribution in [0, 0.1) is 0 Å². The van der Waals surface area contributed by atoms with Crippen LogP contribution < -0.4 is 5.73 Å². The van der Waals surface area contributed by atoms with Crippen molar-refractivity contribution in [3.63, 3.8) is 0 Å². The molecular weight excluding hydrogens is 494 g/mol. The molecule has 236 valence electrons. The lowest BCUT2D eigenvalue weighted by Gasteiger charge is -2.15. The number of carbonyl (C=O) groups is 1. The van der Waals surface area contributed by atoms with Crippen molar-refractivity contribution in [1.29, 1.82) is 0 Å². The van der Waals surface area contributed by atoms with Crippen LogP contribution in [0.4, 0.5) is 0 Å². The zero-order chi connectivity index (χ0) is 29.4. The first-order chi connectivity index (χ1) is 19.6. The third kappa shape index (κ3) is 29.8. The summed E-state index contributed by atoms with van der Waals surface area (Å²) in [6, 6.07) is -0.563. The summed E-state index contributed by atoms with van der Waals surface area (Å²) in [5.41, 5.74) is 6.01. The quantitative estimate of drug-likeness (QED) is 0.0500. The van der Waals surface area contributed by atoms with Gasteiger partial charge >= 0.3 is 5.97 Å². The summed E-state index contributed by atoms with van der Waals surface area (Å²) >= 11 is 0. The van der Waals surface area contributed by atoms with Crippen LogP contribution in [-0.2, 0) is 9.53 Å². The van der Waals surface area contributed by atoms with Crippen LogP contribution in [0.15, 0.2) is 24.3 Å². The van der Waals surface area contributed by atoms with Gasteiger partial charge in [0.05, 0.1) is 12.1 Å². The van der Waals surface area contributed by atoms with E-state index in [2.05, 4.69) is 26.0 Å². The highest BCUT2D eigenvalue weighted by atomic mass is 16.5. The van der Waals surface area contributed by atoms with E-state index in [4.69, 9.17) is 10.5 Å². The molecule has 0 amide bonds. The Morgan fingerprint density at radius 1 is 0.600 bits per heavy atom. The Morgan fingerprint density at radius 2 is 0.975 bits per heavy atom. The van der Waals surface area contributed by atoms with E-state index in [0.717, 1.165) is 25.7 Å². The van der Waals surface area contributed by atoms with Crippen molar-refractivity contribution in [1.82, 2.24) is 0 Å². The Bertz CT molecular complexity index is 574. The Morgan fingerprint density at radius 3 is 1.43 bits per heavy atom. The van der Waals surface area contributed by atoms with Gasteiger partial charge in [0, 0.05) is 6.42 Å². The molecule has 40 heavy (non-hydrogen) atoms. The van der Waals surface area contributed by atoms with Gasteiger partial charge in [-0.2, -0.15) is 0 Å². The summed E-state index contributed by atoms with van der Waals surface area (Å²) < 4.78 is 5.30. The minimum atomic E-state index is -0.764. The number of hydrogen-bond acceptors (Lipinski definition) is 4. The lowest BCUT2D eigenvalue weighted by atomic mass is 10.0. The summed E-state index contributed by atoms with van der Waals surface area (Å²) in [4.78, 5) is 12.0. The SMILES string of the molecule is CCCCCCCC/C=C\CCCCCCCC(=O)OCC(N)C(O)C=CCCCCCCCCCCCCC. The fourth-order valence-electron chi connectivity index (χ4n) is 5.00. The molecular formula is C36H69NO3. The number of ether oxygens (including phenoxy) is 1. The second-order valence-corrected chi connectivity index (χ2v) is 11.9. The molecule has 2 unspecified atom stereocenters. The van der Waals surface area contributed by atoms with Crippen molar-refractivity contribution in [3.8, 4) is 0 Å².